The van der Waals surface area contributed by atoms with Gasteiger partial charge < -0.3 is 14.8 Å². The zero-order valence-electron chi connectivity index (χ0n) is 19.2. The van der Waals surface area contributed by atoms with E-state index in [1.54, 1.807) is 24.4 Å². The summed E-state index contributed by atoms with van der Waals surface area (Å²) < 4.78 is 12.6. The number of amides is 1. The molecule has 178 valence electrons. The Morgan fingerprint density at radius 1 is 1.09 bits per heavy atom. The summed E-state index contributed by atoms with van der Waals surface area (Å²) in [5.74, 6) is 1.95. The molecule has 2 aromatic carbocycles. The lowest BCUT2D eigenvalue weighted by molar-refractivity contribution is -0.118. The number of rotatable bonds is 7. The molecule has 8 nitrogen and oxygen atoms in total. The average molecular weight is 489 g/mol. The third-order valence-corrected chi connectivity index (χ3v) is 6.49. The smallest absolute Gasteiger partial charge is 0.267 e. The maximum Gasteiger partial charge on any atom is 0.267 e. The lowest BCUT2D eigenvalue weighted by Gasteiger charge is -2.18. The number of ether oxygens (including phenoxy) is 2. The lowest BCUT2D eigenvalue weighted by Crippen LogP contribution is -2.28. The SMILES string of the molecule is Cc1ccnc(-n2c(SCC(=O)NCCc3ccc4c(c3)OCCO4)nc3ccccc3c2=O)c1. The number of hydrogen-bond donors (Lipinski definition) is 1. The molecule has 2 aromatic heterocycles. The van der Waals surface area contributed by atoms with Crippen molar-refractivity contribution in [2.75, 3.05) is 25.5 Å². The van der Waals surface area contributed by atoms with E-state index in [4.69, 9.17) is 9.47 Å². The van der Waals surface area contributed by atoms with Gasteiger partial charge in [-0.15, -0.1) is 0 Å². The van der Waals surface area contributed by atoms with E-state index in [0.29, 0.717) is 48.1 Å². The van der Waals surface area contributed by atoms with E-state index in [9.17, 15) is 9.59 Å². The molecule has 1 aliphatic heterocycles. The minimum atomic E-state index is -0.213. The van der Waals surface area contributed by atoms with E-state index in [1.807, 2.05) is 43.3 Å². The first-order chi connectivity index (χ1) is 17.1. The Morgan fingerprint density at radius 2 is 1.91 bits per heavy atom. The fourth-order valence-corrected chi connectivity index (χ4v) is 4.66. The van der Waals surface area contributed by atoms with Crippen molar-refractivity contribution in [2.45, 2.75) is 18.5 Å². The number of hydrogen-bond acceptors (Lipinski definition) is 7. The predicted octanol–water partition coefficient (Wildman–Crippen LogP) is 3.31. The van der Waals surface area contributed by atoms with Crippen LogP contribution in [0.4, 0.5) is 0 Å². The van der Waals surface area contributed by atoms with Crippen molar-refractivity contribution in [1.29, 1.82) is 0 Å². The molecule has 1 N–H and O–H groups in total. The molecule has 35 heavy (non-hydrogen) atoms. The molecule has 0 atom stereocenters. The maximum atomic E-state index is 13.3. The number of aromatic nitrogens is 3. The molecule has 0 aliphatic carbocycles. The number of thioether (sulfide) groups is 1. The highest BCUT2D eigenvalue weighted by Crippen LogP contribution is 2.30. The van der Waals surface area contributed by atoms with Crippen LogP contribution in [0.3, 0.4) is 0 Å². The van der Waals surface area contributed by atoms with Gasteiger partial charge in [-0.1, -0.05) is 30.0 Å². The van der Waals surface area contributed by atoms with Crippen molar-refractivity contribution in [2.24, 2.45) is 0 Å². The number of pyridine rings is 1. The third kappa shape index (κ3) is 5.14. The summed E-state index contributed by atoms with van der Waals surface area (Å²) in [4.78, 5) is 34.9. The molecule has 0 spiro atoms. The van der Waals surface area contributed by atoms with Crippen LogP contribution < -0.4 is 20.3 Å². The van der Waals surface area contributed by atoms with Gasteiger partial charge in [0.05, 0.1) is 16.7 Å². The van der Waals surface area contributed by atoms with Crippen molar-refractivity contribution in [3.8, 4) is 17.3 Å². The summed E-state index contributed by atoms with van der Waals surface area (Å²) >= 11 is 1.21. The molecule has 9 heteroatoms. The van der Waals surface area contributed by atoms with Crippen LogP contribution in [-0.2, 0) is 11.2 Å². The summed E-state index contributed by atoms with van der Waals surface area (Å²) in [6, 6.07) is 16.7. The van der Waals surface area contributed by atoms with Gasteiger partial charge in [0.2, 0.25) is 5.91 Å². The standard InChI is InChI=1S/C26H24N4O4S/c1-17-8-10-27-23(14-17)30-25(32)19-4-2-3-5-20(19)29-26(30)35-16-24(31)28-11-9-18-6-7-21-22(15-18)34-13-12-33-21/h2-8,10,14-15H,9,11-13,16H2,1H3,(H,28,31). The molecular formula is C26H24N4O4S. The molecule has 0 radical (unpaired) electrons. The number of fused-ring (bicyclic) bond motifs is 2. The first kappa shape index (κ1) is 22.9. The molecule has 3 heterocycles. The van der Waals surface area contributed by atoms with Crippen LogP contribution in [0, 0.1) is 6.92 Å². The minimum Gasteiger partial charge on any atom is -0.486 e. The Labute approximate surface area is 206 Å². The summed E-state index contributed by atoms with van der Waals surface area (Å²) in [6.45, 7) is 3.51. The summed E-state index contributed by atoms with van der Waals surface area (Å²) in [6.07, 6.45) is 2.32. The molecule has 0 saturated heterocycles. The molecule has 0 fully saturated rings. The number of carbonyl (C=O) groups excluding carboxylic acids is 1. The van der Waals surface area contributed by atoms with Gasteiger partial charge in [-0.25, -0.2) is 14.5 Å². The highest BCUT2D eigenvalue weighted by Gasteiger charge is 2.16. The second kappa shape index (κ2) is 10.2. The van der Waals surface area contributed by atoms with Gasteiger partial charge >= 0.3 is 0 Å². The van der Waals surface area contributed by atoms with Crippen molar-refractivity contribution in [3.63, 3.8) is 0 Å². The molecule has 5 rings (SSSR count). The van der Waals surface area contributed by atoms with E-state index in [0.717, 1.165) is 22.6 Å². The largest absolute Gasteiger partial charge is 0.486 e. The van der Waals surface area contributed by atoms with Gasteiger partial charge in [0, 0.05) is 12.7 Å². The van der Waals surface area contributed by atoms with E-state index < -0.39 is 0 Å². The molecular weight excluding hydrogens is 464 g/mol. The Balaban J connectivity index is 1.28. The van der Waals surface area contributed by atoms with Gasteiger partial charge in [-0.3, -0.25) is 9.59 Å². The van der Waals surface area contributed by atoms with Gasteiger partial charge in [-0.05, 0) is 60.9 Å². The van der Waals surface area contributed by atoms with Crippen LogP contribution in [0.15, 0.2) is 70.7 Å². The summed E-state index contributed by atoms with van der Waals surface area (Å²) in [7, 11) is 0. The monoisotopic (exact) mass is 488 g/mol. The highest BCUT2D eigenvalue weighted by molar-refractivity contribution is 7.99. The Bertz CT molecular complexity index is 1450. The van der Waals surface area contributed by atoms with E-state index in [2.05, 4.69) is 15.3 Å². The Kier molecular flexibility index (Phi) is 6.67. The first-order valence-electron chi connectivity index (χ1n) is 11.3. The zero-order valence-corrected chi connectivity index (χ0v) is 20.0. The summed E-state index contributed by atoms with van der Waals surface area (Å²) in [5.41, 5.74) is 2.40. The van der Waals surface area contributed by atoms with E-state index >= 15 is 0 Å². The van der Waals surface area contributed by atoms with E-state index in [-0.39, 0.29) is 17.2 Å². The van der Waals surface area contributed by atoms with Gasteiger partial charge in [0.25, 0.3) is 5.56 Å². The predicted molar refractivity (Wildman–Crippen MR) is 135 cm³/mol. The number of nitrogens with zero attached hydrogens (tertiary/aromatic N) is 3. The number of carbonyl (C=O) groups is 1. The quantitative estimate of drug-likeness (QED) is 0.315. The van der Waals surface area contributed by atoms with E-state index in [1.165, 1.54) is 16.3 Å². The van der Waals surface area contributed by atoms with Crippen LogP contribution in [0.2, 0.25) is 0 Å². The highest BCUT2D eigenvalue weighted by atomic mass is 32.2. The molecule has 1 aliphatic rings. The first-order valence-corrected chi connectivity index (χ1v) is 12.3. The maximum absolute atomic E-state index is 13.3. The van der Waals surface area contributed by atoms with Gasteiger partial charge in [0.1, 0.15) is 19.0 Å². The van der Waals surface area contributed by atoms with Gasteiger partial charge in [-0.2, -0.15) is 0 Å². The fraction of sp³-hybridized carbons (Fsp3) is 0.231. The van der Waals surface area contributed by atoms with Crippen LogP contribution in [-0.4, -0.2) is 46.0 Å². The van der Waals surface area contributed by atoms with Crippen molar-refractivity contribution >= 4 is 28.6 Å². The third-order valence-electron chi connectivity index (χ3n) is 5.55. The van der Waals surface area contributed by atoms with Crippen LogP contribution in [0.25, 0.3) is 16.7 Å². The minimum absolute atomic E-state index is 0.123. The molecule has 0 bridgehead atoms. The molecule has 0 saturated carbocycles. The number of nitrogens with one attached hydrogen (secondary N) is 1. The molecule has 1 amide bonds. The van der Waals surface area contributed by atoms with Crippen LogP contribution in [0.5, 0.6) is 11.5 Å². The second-order valence-electron chi connectivity index (χ2n) is 8.11. The average Bonchev–Trinajstić information content (AvgIpc) is 2.87. The Morgan fingerprint density at radius 3 is 2.77 bits per heavy atom. The number of benzene rings is 2. The number of aryl methyl sites for hydroxylation is 1. The van der Waals surface area contributed by atoms with Crippen molar-refractivity contribution in [3.05, 3.63) is 82.3 Å². The second-order valence-corrected chi connectivity index (χ2v) is 9.05. The fourth-order valence-electron chi connectivity index (χ4n) is 3.82. The molecule has 0 unspecified atom stereocenters. The van der Waals surface area contributed by atoms with Crippen molar-refractivity contribution in [1.82, 2.24) is 19.9 Å². The lowest BCUT2D eigenvalue weighted by atomic mass is 10.1. The normalized spacial score (nSPS) is 12.5. The summed E-state index contributed by atoms with van der Waals surface area (Å²) in [5, 5.41) is 3.87. The Hall–Kier alpha value is -3.85. The van der Waals surface area contributed by atoms with Crippen LogP contribution >= 0.6 is 11.8 Å². The van der Waals surface area contributed by atoms with Crippen molar-refractivity contribution < 1.29 is 14.3 Å². The van der Waals surface area contributed by atoms with Gasteiger partial charge in [0.15, 0.2) is 16.7 Å². The topological polar surface area (TPSA) is 95.3 Å². The molecule has 4 aromatic rings. The number of para-hydroxylation sites is 1. The van der Waals surface area contributed by atoms with Crippen LogP contribution in [0.1, 0.15) is 11.1 Å². The zero-order chi connectivity index (χ0) is 24.2.